The summed E-state index contributed by atoms with van der Waals surface area (Å²) in [5.74, 6) is -1.25. The van der Waals surface area contributed by atoms with E-state index in [2.05, 4.69) is 20.7 Å². The highest BCUT2D eigenvalue weighted by atomic mass is 35.5. The Labute approximate surface area is 141 Å². The number of hydrogen-bond donors (Lipinski definition) is 2. The molecule has 0 saturated heterocycles. The zero-order chi connectivity index (χ0) is 17.1. The summed E-state index contributed by atoms with van der Waals surface area (Å²) in [5.41, 5.74) is 6.59. The van der Waals surface area contributed by atoms with Gasteiger partial charge in [0.2, 0.25) is 0 Å². The minimum atomic E-state index is -0.759. The molecule has 2 amide bonds. The van der Waals surface area contributed by atoms with E-state index in [1.54, 1.807) is 48.5 Å². The van der Waals surface area contributed by atoms with E-state index in [1.165, 1.54) is 4.80 Å². The Kier molecular flexibility index (Phi) is 4.21. The quantitative estimate of drug-likeness (QED) is 0.748. The SMILES string of the molecule is NC(=O)c1nnn(-c2ccc(NC(=O)c3ccccc3Cl)cc2)n1. The minimum absolute atomic E-state index is 0.175. The van der Waals surface area contributed by atoms with Crippen LogP contribution >= 0.6 is 11.6 Å². The standard InChI is InChI=1S/C15H11ClN6O2/c16-12-4-2-1-3-11(12)15(24)18-9-5-7-10(8-6-9)22-20-14(13(17)23)19-21-22/h1-8H,(H2,17,23)(H,18,24). The van der Waals surface area contributed by atoms with Crippen molar-refractivity contribution >= 4 is 29.1 Å². The molecule has 8 nitrogen and oxygen atoms in total. The average molecular weight is 343 g/mol. The zero-order valence-electron chi connectivity index (χ0n) is 12.2. The molecule has 0 saturated carbocycles. The zero-order valence-corrected chi connectivity index (χ0v) is 12.9. The lowest BCUT2D eigenvalue weighted by atomic mass is 10.2. The number of benzene rings is 2. The number of nitrogens with one attached hydrogen (secondary N) is 1. The highest BCUT2D eigenvalue weighted by molar-refractivity contribution is 6.34. The molecule has 0 fully saturated rings. The first-order valence-electron chi connectivity index (χ1n) is 6.81. The maximum absolute atomic E-state index is 12.2. The second-order valence-corrected chi connectivity index (χ2v) is 5.15. The maximum atomic E-state index is 12.2. The van der Waals surface area contributed by atoms with Crippen LogP contribution in [0.5, 0.6) is 0 Å². The van der Waals surface area contributed by atoms with Crippen molar-refractivity contribution in [2.24, 2.45) is 5.73 Å². The van der Waals surface area contributed by atoms with Crippen molar-refractivity contribution in [1.82, 2.24) is 20.2 Å². The van der Waals surface area contributed by atoms with E-state index in [1.807, 2.05) is 0 Å². The van der Waals surface area contributed by atoms with Crippen LogP contribution in [-0.2, 0) is 0 Å². The number of aromatic nitrogens is 4. The molecular weight excluding hydrogens is 332 g/mol. The topological polar surface area (TPSA) is 116 Å². The molecule has 1 heterocycles. The van der Waals surface area contributed by atoms with Gasteiger partial charge in [0.05, 0.1) is 16.3 Å². The fraction of sp³-hybridized carbons (Fsp3) is 0. The minimum Gasteiger partial charge on any atom is -0.363 e. The molecule has 0 aliphatic heterocycles. The number of tetrazole rings is 1. The predicted molar refractivity (Wildman–Crippen MR) is 87.1 cm³/mol. The Bertz CT molecular complexity index is 906. The molecule has 3 N–H and O–H groups in total. The summed E-state index contributed by atoms with van der Waals surface area (Å²) in [6, 6.07) is 13.4. The van der Waals surface area contributed by atoms with E-state index in [0.29, 0.717) is 22.0 Å². The van der Waals surface area contributed by atoms with Crippen LogP contribution in [0.25, 0.3) is 5.69 Å². The molecule has 9 heteroatoms. The summed E-state index contributed by atoms with van der Waals surface area (Å²) in [6.45, 7) is 0. The second kappa shape index (κ2) is 6.47. The molecule has 3 aromatic rings. The van der Waals surface area contributed by atoms with Crippen LogP contribution in [0, 0.1) is 0 Å². The van der Waals surface area contributed by atoms with Crippen LogP contribution in [0.4, 0.5) is 5.69 Å². The monoisotopic (exact) mass is 342 g/mol. The van der Waals surface area contributed by atoms with Gasteiger partial charge in [-0.3, -0.25) is 9.59 Å². The lowest BCUT2D eigenvalue weighted by molar-refractivity contribution is 0.0988. The van der Waals surface area contributed by atoms with E-state index in [4.69, 9.17) is 17.3 Å². The van der Waals surface area contributed by atoms with Crippen LogP contribution in [-0.4, -0.2) is 32.0 Å². The lowest BCUT2D eigenvalue weighted by Gasteiger charge is -2.07. The van der Waals surface area contributed by atoms with Gasteiger partial charge in [-0.05, 0) is 41.6 Å². The number of carbonyl (C=O) groups excluding carboxylic acids is 2. The number of rotatable bonds is 4. The van der Waals surface area contributed by atoms with Crippen LogP contribution < -0.4 is 11.1 Å². The number of amides is 2. The molecule has 0 radical (unpaired) electrons. The van der Waals surface area contributed by atoms with E-state index in [9.17, 15) is 9.59 Å². The van der Waals surface area contributed by atoms with Crippen molar-refractivity contribution in [3.63, 3.8) is 0 Å². The number of nitrogens with two attached hydrogens (primary N) is 1. The average Bonchev–Trinajstić information content (AvgIpc) is 3.06. The first kappa shape index (κ1) is 15.6. The Hall–Kier alpha value is -3.26. The van der Waals surface area contributed by atoms with Crippen molar-refractivity contribution in [1.29, 1.82) is 0 Å². The first-order chi connectivity index (χ1) is 11.5. The van der Waals surface area contributed by atoms with Gasteiger partial charge in [-0.2, -0.15) is 0 Å². The molecule has 0 atom stereocenters. The normalized spacial score (nSPS) is 10.4. The highest BCUT2D eigenvalue weighted by Crippen LogP contribution is 2.18. The van der Waals surface area contributed by atoms with Crippen molar-refractivity contribution < 1.29 is 9.59 Å². The third-order valence-corrected chi connectivity index (χ3v) is 3.44. The number of anilines is 1. The predicted octanol–water partition coefficient (Wildman–Crippen LogP) is 1.67. The molecule has 0 spiro atoms. The summed E-state index contributed by atoms with van der Waals surface area (Å²) in [7, 11) is 0. The highest BCUT2D eigenvalue weighted by Gasteiger charge is 2.11. The van der Waals surface area contributed by atoms with E-state index in [-0.39, 0.29) is 11.7 Å². The van der Waals surface area contributed by atoms with Crippen molar-refractivity contribution in [3.8, 4) is 5.69 Å². The Morgan fingerprint density at radius 2 is 1.79 bits per heavy atom. The van der Waals surface area contributed by atoms with Gasteiger partial charge in [0.25, 0.3) is 17.6 Å². The fourth-order valence-corrected chi connectivity index (χ4v) is 2.17. The molecule has 2 aromatic carbocycles. The number of carbonyl (C=O) groups is 2. The molecule has 1 aromatic heterocycles. The smallest absolute Gasteiger partial charge is 0.290 e. The summed E-state index contributed by atoms with van der Waals surface area (Å²) < 4.78 is 0. The van der Waals surface area contributed by atoms with Gasteiger partial charge in [-0.25, -0.2) is 0 Å². The fourth-order valence-electron chi connectivity index (χ4n) is 1.94. The Morgan fingerprint density at radius 3 is 2.42 bits per heavy atom. The second-order valence-electron chi connectivity index (χ2n) is 4.75. The molecule has 0 aliphatic rings. The van der Waals surface area contributed by atoms with Crippen LogP contribution in [0.1, 0.15) is 21.0 Å². The van der Waals surface area contributed by atoms with E-state index < -0.39 is 5.91 Å². The summed E-state index contributed by atoms with van der Waals surface area (Å²) in [4.78, 5) is 24.3. The van der Waals surface area contributed by atoms with Crippen LogP contribution in [0.15, 0.2) is 48.5 Å². The van der Waals surface area contributed by atoms with Gasteiger partial charge in [0, 0.05) is 5.69 Å². The molecule has 3 rings (SSSR count). The third kappa shape index (κ3) is 3.23. The van der Waals surface area contributed by atoms with Gasteiger partial charge >= 0.3 is 0 Å². The van der Waals surface area contributed by atoms with Gasteiger partial charge in [0.15, 0.2) is 0 Å². The van der Waals surface area contributed by atoms with Crippen LogP contribution in [0.2, 0.25) is 5.02 Å². The Morgan fingerprint density at radius 1 is 1.08 bits per heavy atom. The number of hydrogen-bond acceptors (Lipinski definition) is 5. The molecule has 0 unspecified atom stereocenters. The number of primary amides is 1. The van der Waals surface area contributed by atoms with Crippen LogP contribution in [0.3, 0.4) is 0 Å². The molecule has 24 heavy (non-hydrogen) atoms. The third-order valence-electron chi connectivity index (χ3n) is 3.11. The molecule has 0 aliphatic carbocycles. The van der Waals surface area contributed by atoms with Crippen molar-refractivity contribution in [2.75, 3.05) is 5.32 Å². The van der Waals surface area contributed by atoms with Gasteiger partial charge < -0.3 is 11.1 Å². The molecule has 120 valence electrons. The molecular formula is C15H11ClN6O2. The van der Waals surface area contributed by atoms with Crippen molar-refractivity contribution in [3.05, 3.63) is 64.9 Å². The van der Waals surface area contributed by atoms with Gasteiger partial charge in [-0.1, -0.05) is 23.7 Å². The largest absolute Gasteiger partial charge is 0.363 e. The summed E-state index contributed by atoms with van der Waals surface area (Å²) in [6.07, 6.45) is 0. The van der Waals surface area contributed by atoms with Gasteiger partial charge in [0.1, 0.15) is 0 Å². The van der Waals surface area contributed by atoms with E-state index >= 15 is 0 Å². The van der Waals surface area contributed by atoms with Gasteiger partial charge in [-0.15, -0.1) is 15.0 Å². The first-order valence-corrected chi connectivity index (χ1v) is 7.18. The molecule has 0 bridgehead atoms. The van der Waals surface area contributed by atoms with Crippen molar-refractivity contribution in [2.45, 2.75) is 0 Å². The lowest BCUT2D eigenvalue weighted by Crippen LogP contribution is -2.13. The van der Waals surface area contributed by atoms with E-state index in [0.717, 1.165) is 0 Å². The Balaban J connectivity index is 1.76. The maximum Gasteiger partial charge on any atom is 0.290 e. The summed E-state index contributed by atoms with van der Waals surface area (Å²) >= 11 is 5.99. The summed E-state index contributed by atoms with van der Waals surface area (Å²) in [5, 5.41) is 14.2. The number of nitrogens with zero attached hydrogens (tertiary/aromatic N) is 4. The number of halogens is 1.